The van der Waals surface area contributed by atoms with E-state index in [1.54, 1.807) is 12.3 Å². The van der Waals surface area contributed by atoms with Crippen LogP contribution in [0.15, 0.2) is 16.7 Å². The van der Waals surface area contributed by atoms with Crippen molar-refractivity contribution in [3.8, 4) is 0 Å². The Morgan fingerprint density at radius 3 is 3.00 bits per heavy atom. The molecule has 0 fully saturated rings. The smallest absolute Gasteiger partial charge is 0.341 e. The molecule has 0 spiro atoms. The van der Waals surface area contributed by atoms with Gasteiger partial charge in [-0.1, -0.05) is 31.9 Å². The van der Waals surface area contributed by atoms with Crippen molar-refractivity contribution in [2.75, 3.05) is 6.61 Å². The predicted molar refractivity (Wildman–Crippen MR) is 71.3 cm³/mol. The van der Waals surface area contributed by atoms with Gasteiger partial charge in [-0.3, -0.25) is 0 Å². The molecule has 17 heavy (non-hydrogen) atoms. The van der Waals surface area contributed by atoms with Crippen molar-refractivity contribution in [2.45, 2.75) is 26.7 Å². The lowest BCUT2D eigenvalue weighted by atomic mass is 10.1. The maximum Gasteiger partial charge on any atom is 0.341 e. The second-order valence-corrected chi connectivity index (χ2v) is 5.26. The summed E-state index contributed by atoms with van der Waals surface area (Å²) >= 11 is 9.08. The monoisotopic (exact) mass is 319 g/mol. The van der Waals surface area contributed by atoms with Crippen LogP contribution < -0.4 is 0 Å². The summed E-state index contributed by atoms with van der Waals surface area (Å²) in [6.07, 6.45) is 3.66. The maximum atomic E-state index is 11.8. The summed E-state index contributed by atoms with van der Waals surface area (Å²) in [5.74, 6) is -0.0606. The fraction of sp³-hybridized carbons (Fsp3) is 0.500. The summed E-state index contributed by atoms with van der Waals surface area (Å²) in [7, 11) is 0. The molecule has 0 N–H and O–H groups in total. The van der Waals surface area contributed by atoms with Gasteiger partial charge in [-0.05, 0) is 34.3 Å². The Labute approximate surface area is 115 Å². The fourth-order valence-corrected chi connectivity index (χ4v) is 1.95. The lowest BCUT2D eigenvalue weighted by molar-refractivity contribution is 0.0443. The molecular formula is C12H15BrClNO2. The van der Waals surface area contributed by atoms with Gasteiger partial charge in [0.05, 0.1) is 12.2 Å². The highest BCUT2D eigenvalue weighted by molar-refractivity contribution is 9.10. The minimum atomic E-state index is -0.424. The van der Waals surface area contributed by atoms with E-state index in [4.69, 9.17) is 16.3 Å². The number of halogens is 2. The number of carbonyl (C=O) groups excluding carboxylic acids is 1. The first-order valence-electron chi connectivity index (χ1n) is 5.52. The molecule has 1 unspecified atom stereocenters. The highest BCUT2D eigenvalue weighted by Gasteiger charge is 2.14. The zero-order chi connectivity index (χ0) is 12.8. The standard InChI is InChI=1S/C12H15BrClNO2/c1-3-4-8(2)7-17-12(16)10-5-9(13)6-15-11(10)14/h5-6,8H,3-4,7H2,1-2H3. The van der Waals surface area contributed by atoms with Crippen molar-refractivity contribution >= 4 is 33.5 Å². The van der Waals surface area contributed by atoms with Crippen LogP contribution in [0.2, 0.25) is 5.15 Å². The van der Waals surface area contributed by atoms with Gasteiger partial charge in [0.15, 0.2) is 0 Å². The molecule has 5 heteroatoms. The normalized spacial score (nSPS) is 12.2. The van der Waals surface area contributed by atoms with Crippen molar-refractivity contribution in [3.05, 3.63) is 27.5 Å². The van der Waals surface area contributed by atoms with E-state index in [0.717, 1.165) is 12.8 Å². The van der Waals surface area contributed by atoms with E-state index in [1.165, 1.54) is 0 Å². The second kappa shape index (κ2) is 6.97. The summed E-state index contributed by atoms with van der Waals surface area (Å²) in [6.45, 7) is 4.57. The van der Waals surface area contributed by atoms with E-state index >= 15 is 0 Å². The lowest BCUT2D eigenvalue weighted by Gasteiger charge is -2.11. The van der Waals surface area contributed by atoms with Gasteiger partial charge in [0, 0.05) is 10.7 Å². The van der Waals surface area contributed by atoms with Crippen LogP contribution in [0.4, 0.5) is 0 Å². The minimum absolute atomic E-state index is 0.168. The first-order chi connectivity index (χ1) is 8.04. The van der Waals surface area contributed by atoms with E-state index < -0.39 is 5.97 Å². The quantitative estimate of drug-likeness (QED) is 0.606. The minimum Gasteiger partial charge on any atom is -0.462 e. The van der Waals surface area contributed by atoms with E-state index in [1.807, 2.05) is 0 Å². The highest BCUT2D eigenvalue weighted by Crippen LogP contribution is 2.19. The Hall–Kier alpha value is -0.610. The molecule has 1 rings (SSSR count). The molecule has 0 aliphatic carbocycles. The van der Waals surface area contributed by atoms with Gasteiger partial charge < -0.3 is 4.74 Å². The SMILES string of the molecule is CCCC(C)COC(=O)c1cc(Br)cnc1Cl. The molecular weight excluding hydrogens is 305 g/mol. The molecule has 0 saturated heterocycles. The predicted octanol–water partition coefficient (Wildman–Crippen LogP) is 4.09. The number of ether oxygens (including phenoxy) is 1. The van der Waals surface area contributed by atoms with Crippen LogP contribution in [0.25, 0.3) is 0 Å². The van der Waals surface area contributed by atoms with Crippen LogP contribution in [0.5, 0.6) is 0 Å². The van der Waals surface area contributed by atoms with E-state index in [2.05, 4.69) is 34.8 Å². The molecule has 0 saturated carbocycles. The van der Waals surface area contributed by atoms with Crippen LogP contribution >= 0.6 is 27.5 Å². The summed E-state index contributed by atoms with van der Waals surface area (Å²) in [6, 6.07) is 1.61. The van der Waals surface area contributed by atoms with Gasteiger partial charge in [-0.15, -0.1) is 0 Å². The van der Waals surface area contributed by atoms with Crippen LogP contribution in [0.3, 0.4) is 0 Å². The van der Waals surface area contributed by atoms with Gasteiger partial charge in [-0.2, -0.15) is 0 Å². The molecule has 0 aliphatic rings. The average molecular weight is 321 g/mol. The molecule has 94 valence electrons. The third-order valence-electron chi connectivity index (χ3n) is 2.31. The van der Waals surface area contributed by atoms with Crippen molar-refractivity contribution in [3.63, 3.8) is 0 Å². The number of rotatable bonds is 5. The van der Waals surface area contributed by atoms with E-state index in [0.29, 0.717) is 22.6 Å². The summed E-state index contributed by atoms with van der Waals surface area (Å²) in [4.78, 5) is 15.6. The zero-order valence-corrected chi connectivity index (χ0v) is 12.2. The second-order valence-electron chi connectivity index (χ2n) is 3.98. The molecule has 0 amide bonds. The van der Waals surface area contributed by atoms with Crippen LogP contribution in [0, 0.1) is 5.92 Å². The topological polar surface area (TPSA) is 39.2 Å². The van der Waals surface area contributed by atoms with Gasteiger partial charge in [0.2, 0.25) is 0 Å². The average Bonchev–Trinajstić information content (AvgIpc) is 2.29. The third-order valence-corrected chi connectivity index (χ3v) is 3.04. The Morgan fingerprint density at radius 1 is 1.65 bits per heavy atom. The molecule has 1 aromatic heterocycles. The molecule has 0 aromatic carbocycles. The first kappa shape index (κ1) is 14.5. The van der Waals surface area contributed by atoms with Crippen molar-refractivity contribution < 1.29 is 9.53 Å². The van der Waals surface area contributed by atoms with Gasteiger partial charge >= 0.3 is 5.97 Å². The molecule has 1 atom stereocenters. The lowest BCUT2D eigenvalue weighted by Crippen LogP contribution is -2.12. The number of nitrogens with zero attached hydrogens (tertiary/aromatic N) is 1. The molecule has 1 heterocycles. The van der Waals surface area contributed by atoms with Crippen molar-refractivity contribution in [2.24, 2.45) is 5.92 Å². The van der Waals surface area contributed by atoms with Gasteiger partial charge in [0.1, 0.15) is 5.15 Å². The Kier molecular flexibility index (Phi) is 5.92. The zero-order valence-electron chi connectivity index (χ0n) is 9.87. The number of hydrogen-bond acceptors (Lipinski definition) is 3. The Morgan fingerprint density at radius 2 is 2.35 bits per heavy atom. The highest BCUT2D eigenvalue weighted by atomic mass is 79.9. The summed E-state index contributed by atoms with van der Waals surface area (Å²) in [5, 5.41) is 0.168. The maximum absolute atomic E-state index is 11.8. The fourth-order valence-electron chi connectivity index (χ4n) is 1.44. The number of carbonyl (C=O) groups is 1. The van der Waals surface area contributed by atoms with E-state index in [9.17, 15) is 4.79 Å². The molecule has 0 bridgehead atoms. The molecule has 0 aliphatic heterocycles. The van der Waals surface area contributed by atoms with Gasteiger partial charge in [-0.25, -0.2) is 9.78 Å². The molecule has 0 radical (unpaired) electrons. The van der Waals surface area contributed by atoms with E-state index in [-0.39, 0.29) is 5.15 Å². The van der Waals surface area contributed by atoms with Crippen molar-refractivity contribution in [1.82, 2.24) is 4.98 Å². The Balaban J connectivity index is 2.61. The largest absolute Gasteiger partial charge is 0.462 e. The third kappa shape index (κ3) is 4.64. The first-order valence-corrected chi connectivity index (χ1v) is 6.69. The molecule has 1 aromatic rings. The summed E-state index contributed by atoms with van der Waals surface area (Å²) < 4.78 is 5.90. The van der Waals surface area contributed by atoms with Crippen LogP contribution in [-0.4, -0.2) is 17.6 Å². The van der Waals surface area contributed by atoms with Crippen molar-refractivity contribution in [1.29, 1.82) is 0 Å². The Bertz CT molecular complexity index is 398. The molecule has 3 nitrogen and oxygen atoms in total. The number of aromatic nitrogens is 1. The number of pyridine rings is 1. The van der Waals surface area contributed by atoms with Crippen LogP contribution in [0.1, 0.15) is 37.0 Å². The van der Waals surface area contributed by atoms with Crippen LogP contribution in [-0.2, 0) is 4.74 Å². The number of esters is 1. The number of hydrogen-bond donors (Lipinski definition) is 0. The van der Waals surface area contributed by atoms with Gasteiger partial charge in [0.25, 0.3) is 0 Å². The summed E-state index contributed by atoms with van der Waals surface area (Å²) in [5.41, 5.74) is 0.296.